The van der Waals surface area contributed by atoms with E-state index in [-0.39, 0.29) is 21.4 Å². The highest BCUT2D eigenvalue weighted by Gasteiger charge is 2.17. The summed E-state index contributed by atoms with van der Waals surface area (Å²) < 4.78 is 5.13. The summed E-state index contributed by atoms with van der Waals surface area (Å²) in [6.45, 7) is 0. The average molecular weight is 320 g/mol. The molecule has 0 bridgehead atoms. The van der Waals surface area contributed by atoms with Crippen molar-refractivity contribution in [1.29, 1.82) is 0 Å². The summed E-state index contributed by atoms with van der Waals surface area (Å²) >= 11 is 0.942. The molecular weight excluding hydrogens is 308 g/mol. The first-order valence-electron chi connectivity index (χ1n) is 6.10. The predicted octanol–water partition coefficient (Wildman–Crippen LogP) is 2.85. The number of nitrogens with one attached hydrogen (secondary N) is 1. The zero-order chi connectivity index (χ0) is 16.1. The minimum Gasteiger partial charge on any atom is -0.409 e. The fourth-order valence-corrected chi connectivity index (χ4v) is 2.05. The van der Waals surface area contributed by atoms with E-state index in [2.05, 4.69) is 15.5 Å². The summed E-state index contributed by atoms with van der Waals surface area (Å²) in [5, 5.41) is 5.63. The Labute approximate surface area is 129 Å². The Kier molecular flexibility index (Phi) is 4.79. The molecule has 0 radical (unpaired) electrons. The van der Waals surface area contributed by atoms with Gasteiger partial charge in [-0.1, -0.05) is 23.5 Å². The number of amides is 2. The van der Waals surface area contributed by atoms with E-state index in [0.29, 0.717) is 0 Å². The molecule has 2 amide bonds. The number of hydrogen-bond donors (Lipinski definition) is 1. The van der Waals surface area contributed by atoms with Crippen LogP contribution in [-0.4, -0.2) is 36.0 Å². The van der Waals surface area contributed by atoms with Gasteiger partial charge in [-0.15, -0.1) is 4.91 Å². The topological polar surface area (TPSA) is 101 Å². The van der Waals surface area contributed by atoms with Gasteiger partial charge in [0.1, 0.15) is 5.75 Å². The standard InChI is InChI=1S/C13H12N4O4S/c1-17(2)13(19)21-9-6-4-3-5-8(9)11(18)15-12-14-7-10(16-20)22-12/h3-7H,1-2H3,(H,14,15,18). The Bertz CT molecular complexity index is 714. The van der Waals surface area contributed by atoms with E-state index >= 15 is 0 Å². The normalized spacial score (nSPS) is 9.91. The van der Waals surface area contributed by atoms with E-state index in [9.17, 15) is 14.5 Å². The van der Waals surface area contributed by atoms with Crippen LogP contribution in [0.4, 0.5) is 14.9 Å². The molecule has 0 aliphatic carbocycles. The summed E-state index contributed by atoms with van der Waals surface area (Å²) in [5.74, 6) is -0.377. The molecule has 8 nitrogen and oxygen atoms in total. The van der Waals surface area contributed by atoms with E-state index in [4.69, 9.17) is 4.74 Å². The van der Waals surface area contributed by atoms with Crippen LogP contribution in [0.2, 0.25) is 0 Å². The molecule has 9 heteroatoms. The Morgan fingerprint density at radius 1 is 1.32 bits per heavy atom. The van der Waals surface area contributed by atoms with Crippen LogP contribution in [0.1, 0.15) is 10.4 Å². The molecule has 0 aliphatic rings. The number of aromatic nitrogens is 1. The van der Waals surface area contributed by atoms with Gasteiger partial charge in [0.25, 0.3) is 5.91 Å². The Balaban J connectivity index is 2.18. The van der Waals surface area contributed by atoms with Crippen LogP contribution in [0.3, 0.4) is 0 Å². The first-order valence-corrected chi connectivity index (χ1v) is 6.91. The van der Waals surface area contributed by atoms with Crippen LogP contribution >= 0.6 is 11.3 Å². The molecule has 0 spiro atoms. The van der Waals surface area contributed by atoms with Gasteiger partial charge in [0.05, 0.1) is 11.8 Å². The summed E-state index contributed by atoms with van der Waals surface area (Å²) in [4.78, 5) is 39.3. The SMILES string of the molecule is CN(C)C(=O)Oc1ccccc1C(=O)Nc1ncc(N=O)s1. The summed E-state index contributed by atoms with van der Waals surface area (Å²) in [7, 11) is 3.07. The molecular formula is C13H12N4O4S. The van der Waals surface area contributed by atoms with Crippen molar-refractivity contribution < 1.29 is 14.3 Å². The number of carbonyl (C=O) groups excluding carboxylic acids is 2. The molecule has 1 aromatic carbocycles. The van der Waals surface area contributed by atoms with Gasteiger partial charge in [-0.25, -0.2) is 9.78 Å². The molecule has 1 aromatic heterocycles. The maximum Gasteiger partial charge on any atom is 0.414 e. The minimum atomic E-state index is -0.595. The van der Waals surface area contributed by atoms with Gasteiger partial charge >= 0.3 is 6.09 Å². The number of ether oxygens (including phenoxy) is 1. The van der Waals surface area contributed by atoms with Crippen molar-refractivity contribution >= 4 is 33.5 Å². The fraction of sp³-hybridized carbons (Fsp3) is 0.154. The van der Waals surface area contributed by atoms with Crippen LogP contribution < -0.4 is 10.1 Å². The molecule has 1 N–H and O–H groups in total. The second-order valence-electron chi connectivity index (χ2n) is 4.31. The zero-order valence-electron chi connectivity index (χ0n) is 11.8. The smallest absolute Gasteiger partial charge is 0.409 e. The molecule has 2 aromatic rings. The lowest BCUT2D eigenvalue weighted by Crippen LogP contribution is -2.26. The summed E-state index contributed by atoms with van der Waals surface area (Å²) in [5.41, 5.74) is 0.175. The number of anilines is 1. The molecule has 0 fully saturated rings. The number of carbonyl (C=O) groups is 2. The molecule has 1 heterocycles. The van der Waals surface area contributed by atoms with Gasteiger partial charge in [-0.2, -0.15) is 0 Å². The third-order valence-electron chi connectivity index (χ3n) is 2.50. The summed E-state index contributed by atoms with van der Waals surface area (Å²) in [6, 6.07) is 6.31. The molecule has 0 aliphatic heterocycles. The number of para-hydroxylation sites is 1. The Hall–Kier alpha value is -2.81. The highest BCUT2D eigenvalue weighted by atomic mass is 32.1. The lowest BCUT2D eigenvalue weighted by molar-refractivity contribution is 0.102. The first kappa shape index (κ1) is 15.6. The van der Waals surface area contributed by atoms with Gasteiger partial charge in [0.2, 0.25) is 0 Å². The van der Waals surface area contributed by atoms with Gasteiger partial charge in [-0.05, 0) is 17.3 Å². The van der Waals surface area contributed by atoms with Gasteiger partial charge in [0.15, 0.2) is 10.1 Å². The molecule has 22 heavy (non-hydrogen) atoms. The van der Waals surface area contributed by atoms with E-state index in [0.717, 1.165) is 11.3 Å². The third-order valence-corrected chi connectivity index (χ3v) is 3.29. The van der Waals surface area contributed by atoms with Crippen LogP contribution in [0.15, 0.2) is 35.6 Å². The second kappa shape index (κ2) is 6.76. The van der Waals surface area contributed by atoms with Crippen molar-refractivity contribution in [2.75, 3.05) is 19.4 Å². The van der Waals surface area contributed by atoms with Crippen LogP contribution in [0.5, 0.6) is 5.75 Å². The number of nitrogens with zero attached hydrogens (tertiary/aromatic N) is 3. The highest BCUT2D eigenvalue weighted by Crippen LogP contribution is 2.27. The number of thiazole rings is 1. The maximum atomic E-state index is 12.2. The van der Waals surface area contributed by atoms with E-state index in [1.807, 2.05) is 0 Å². The zero-order valence-corrected chi connectivity index (χ0v) is 12.6. The average Bonchev–Trinajstić information content (AvgIpc) is 2.95. The predicted molar refractivity (Wildman–Crippen MR) is 81.7 cm³/mol. The maximum absolute atomic E-state index is 12.2. The monoisotopic (exact) mass is 320 g/mol. The van der Waals surface area contributed by atoms with Crippen molar-refractivity contribution in [2.24, 2.45) is 5.18 Å². The van der Waals surface area contributed by atoms with Gasteiger partial charge < -0.3 is 9.64 Å². The van der Waals surface area contributed by atoms with Crippen molar-refractivity contribution in [3.63, 3.8) is 0 Å². The van der Waals surface area contributed by atoms with Crippen LogP contribution in [-0.2, 0) is 0 Å². The molecule has 0 saturated carbocycles. The number of rotatable bonds is 4. The lowest BCUT2D eigenvalue weighted by Gasteiger charge is -2.13. The molecule has 0 atom stereocenters. The van der Waals surface area contributed by atoms with Gasteiger partial charge in [-0.3, -0.25) is 10.1 Å². The molecule has 0 saturated heterocycles. The van der Waals surface area contributed by atoms with E-state index in [1.54, 1.807) is 12.1 Å². The molecule has 114 valence electrons. The van der Waals surface area contributed by atoms with Crippen molar-refractivity contribution in [2.45, 2.75) is 0 Å². The first-order chi connectivity index (χ1) is 10.5. The van der Waals surface area contributed by atoms with E-state index < -0.39 is 12.0 Å². The van der Waals surface area contributed by atoms with Crippen molar-refractivity contribution in [3.05, 3.63) is 40.9 Å². The number of hydrogen-bond acceptors (Lipinski definition) is 7. The largest absolute Gasteiger partial charge is 0.414 e. The Morgan fingerprint density at radius 2 is 2.05 bits per heavy atom. The minimum absolute atomic E-state index is 0.129. The lowest BCUT2D eigenvalue weighted by atomic mass is 10.2. The second-order valence-corrected chi connectivity index (χ2v) is 5.32. The fourth-order valence-electron chi connectivity index (χ4n) is 1.46. The Morgan fingerprint density at radius 3 is 2.68 bits per heavy atom. The van der Waals surface area contributed by atoms with Crippen LogP contribution in [0.25, 0.3) is 0 Å². The van der Waals surface area contributed by atoms with E-state index in [1.165, 1.54) is 37.3 Å². The van der Waals surface area contributed by atoms with Gasteiger partial charge in [0, 0.05) is 14.1 Å². The third kappa shape index (κ3) is 3.64. The van der Waals surface area contributed by atoms with Crippen molar-refractivity contribution in [3.8, 4) is 5.75 Å². The quantitative estimate of drug-likeness (QED) is 0.873. The van der Waals surface area contributed by atoms with Crippen LogP contribution in [0, 0.1) is 4.91 Å². The van der Waals surface area contributed by atoms with Crippen molar-refractivity contribution in [1.82, 2.24) is 9.88 Å². The summed E-state index contributed by atoms with van der Waals surface area (Å²) in [6.07, 6.45) is 0.660. The molecule has 0 unspecified atom stereocenters. The highest BCUT2D eigenvalue weighted by molar-refractivity contribution is 7.19. The number of nitroso groups, excluding NO2 is 1. The number of benzene rings is 1. The molecule has 2 rings (SSSR count).